The van der Waals surface area contributed by atoms with E-state index in [1.54, 1.807) is 12.4 Å². The van der Waals surface area contributed by atoms with Crippen LogP contribution in [0.4, 0.5) is 0 Å². The van der Waals surface area contributed by atoms with Crippen molar-refractivity contribution in [1.29, 1.82) is 0 Å². The number of nitrogens with zero attached hydrogens (tertiary/aromatic N) is 3. The SMILES string of the molecule is O=c1cc(C2CC2)ncn1CC1CCN(Cc2ccccc2)CC1. The topological polar surface area (TPSA) is 38.1 Å². The van der Waals surface area contributed by atoms with Gasteiger partial charge in [0.15, 0.2) is 0 Å². The van der Waals surface area contributed by atoms with Gasteiger partial charge in [-0.05, 0) is 50.3 Å². The fraction of sp³-hybridized carbons (Fsp3) is 0.500. The first-order valence-corrected chi connectivity index (χ1v) is 9.10. The van der Waals surface area contributed by atoms with Gasteiger partial charge in [0.1, 0.15) is 0 Å². The second-order valence-corrected chi connectivity index (χ2v) is 7.28. The van der Waals surface area contributed by atoms with E-state index < -0.39 is 0 Å². The van der Waals surface area contributed by atoms with Crippen LogP contribution in [0.5, 0.6) is 0 Å². The minimum absolute atomic E-state index is 0.124. The molecule has 2 aliphatic rings. The molecule has 126 valence electrons. The Labute approximate surface area is 143 Å². The van der Waals surface area contributed by atoms with E-state index in [2.05, 4.69) is 40.2 Å². The molecule has 1 saturated carbocycles. The third kappa shape index (κ3) is 3.75. The van der Waals surface area contributed by atoms with Gasteiger partial charge in [0.2, 0.25) is 0 Å². The molecule has 0 N–H and O–H groups in total. The highest BCUT2D eigenvalue weighted by Crippen LogP contribution is 2.38. The zero-order valence-electron chi connectivity index (χ0n) is 14.1. The standard InChI is InChI=1S/C20H25N3O/c24-20-12-19(18-6-7-18)21-15-23(20)14-17-8-10-22(11-9-17)13-16-4-2-1-3-5-16/h1-5,12,15,17-18H,6-11,13-14H2. The maximum absolute atomic E-state index is 12.3. The minimum atomic E-state index is 0.124. The normalized spacial score (nSPS) is 19.5. The molecule has 1 aliphatic heterocycles. The number of piperidine rings is 1. The molecule has 1 saturated heterocycles. The summed E-state index contributed by atoms with van der Waals surface area (Å²) in [5.41, 5.74) is 2.50. The zero-order chi connectivity index (χ0) is 16.4. The molecule has 0 radical (unpaired) electrons. The maximum atomic E-state index is 12.3. The van der Waals surface area contributed by atoms with Crippen LogP contribution in [-0.4, -0.2) is 27.5 Å². The van der Waals surface area contributed by atoms with E-state index in [9.17, 15) is 4.79 Å². The van der Waals surface area contributed by atoms with Crippen molar-refractivity contribution in [2.45, 2.75) is 44.7 Å². The van der Waals surface area contributed by atoms with Crippen LogP contribution in [-0.2, 0) is 13.1 Å². The van der Waals surface area contributed by atoms with E-state index in [1.165, 1.54) is 18.4 Å². The fourth-order valence-corrected chi connectivity index (χ4v) is 3.63. The molecule has 1 aromatic heterocycles. The Morgan fingerprint density at radius 2 is 1.79 bits per heavy atom. The lowest BCUT2D eigenvalue weighted by molar-refractivity contribution is 0.166. The minimum Gasteiger partial charge on any atom is -0.299 e. The zero-order valence-corrected chi connectivity index (χ0v) is 14.1. The summed E-state index contributed by atoms with van der Waals surface area (Å²) in [6, 6.07) is 12.4. The van der Waals surface area contributed by atoms with Crippen molar-refractivity contribution in [3.63, 3.8) is 0 Å². The first-order valence-electron chi connectivity index (χ1n) is 9.10. The average Bonchev–Trinajstić information content (AvgIpc) is 3.44. The van der Waals surface area contributed by atoms with E-state index in [1.807, 2.05) is 4.57 Å². The lowest BCUT2D eigenvalue weighted by atomic mass is 9.96. The number of aromatic nitrogens is 2. The van der Waals surface area contributed by atoms with Gasteiger partial charge in [-0.1, -0.05) is 30.3 Å². The van der Waals surface area contributed by atoms with E-state index in [0.717, 1.165) is 44.7 Å². The molecule has 2 aromatic rings. The van der Waals surface area contributed by atoms with Crippen LogP contribution < -0.4 is 5.56 Å². The summed E-state index contributed by atoms with van der Waals surface area (Å²) >= 11 is 0. The molecule has 0 spiro atoms. The molecule has 24 heavy (non-hydrogen) atoms. The highest BCUT2D eigenvalue weighted by molar-refractivity contribution is 5.14. The van der Waals surface area contributed by atoms with Crippen molar-refractivity contribution in [2.75, 3.05) is 13.1 Å². The van der Waals surface area contributed by atoms with Crippen LogP contribution in [0, 0.1) is 5.92 Å². The summed E-state index contributed by atoms with van der Waals surface area (Å²) in [4.78, 5) is 19.3. The van der Waals surface area contributed by atoms with Crippen LogP contribution in [0.1, 0.15) is 42.9 Å². The maximum Gasteiger partial charge on any atom is 0.253 e. The molecule has 0 bridgehead atoms. The Morgan fingerprint density at radius 1 is 1.04 bits per heavy atom. The molecular weight excluding hydrogens is 298 g/mol. The molecule has 2 heterocycles. The molecule has 4 rings (SSSR count). The van der Waals surface area contributed by atoms with Gasteiger partial charge in [-0.25, -0.2) is 4.98 Å². The number of hydrogen-bond acceptors (Lipinski definition) is 3. The first-order chi connectivity index (χ1) is 11.8. The fourth-order valence-electron chi connectivity index (χ4n) is 3.63. The van der Waals surface area contributed by atoms with Crippen molar-refractivity contribution in [3.8, 4) is 0 Å². The van der Waals surface area contributed by atoms with Crippen LogP contribution in [0.15, 0.2) is 47.5 Å². The Balaban J connectivity index is 1.31. The third-order valence-corrected chi connectivity index (χ3v) is 5.31. The van der Waals surface area contributed by atoms with Crippen LogP contribution in [0.25, 0.3) is 0 Å². The predicted octanol–water partition coefficient (Wildman–Crippen LogP) is 3.03. The van der Waals surface area contributed by atoms with Crippen LogP contribution in [0.3, 0.4) is 0 Å². The number of rotatable bonds is 5. The van der Waals surface area contributed by atoms with Gasteiger partial charge in [0.25, 0.3) is 5.56 Å². The Hall–Kier alpha value is -1.94. The van der Waals surface area contributed by atoms with E-state index in [-0.39, 0.29) is 5.56 Å². The van der Waals surface area contributed by atoms with Gasteiger partial charge in [-0.3, -0.25) is 14.3 Å². The number of hydrogen-bond donors (Lipinski definition) is 0. The average molecular weight is 323 g/mol. The van der Waals surface area contributed by atoms with Crippen molar-refractivity contribution < 1.29 is 0 Å². The summed E-state index contributed by atoms with van der Waals surface area (Å²) in [5.74, 6) is 1.14. The van der Waals surface area contributed by atoms with Gasteiger partial charge in [0, 0.05) is 25.1 Å². The monoisotopic (exact) mass is 323 g/mol. The van der Waals surface area contributed by atoms with Crippen molar-refractivity contribution in [1.82, 2.24) is 14.5 Å². The summed E-state index contributed by atoms with van der Waals surface area (Å²) in [7, 11) is 0. The van der Waals surface area contributed by atoms with Crippen molar-refractivity contribution in [2.24, 2.45) is 5.92 Å². The molecule has 0 atom stereocenters. The van der Waals surface area contributed by atoms with Gasteiger partial charge in [0.05, 0.1) is 12.0 Å². The quantitative estimate of drug-likeness (QED) is 0.849. The summed E-state index contributed by atoms with van der Waals surface area (Å²) in [5, 5.41) is 0. The van der Waals surface area contributed by atoms with Crippen molar-refractivity contribution in [3.05, 3.63) is 64.3 Å². The van der Waals surface area contributed by atoms with E-state index in [4.69, 9.17) is 0 Å². The lowest BCUT2D eigenvalue weighted by Gasteiger charge is -2.32. The Morgan fingerprint density at radius 3 is 2.46 bits per heavy atom. The summed E-state index contributed by atoms with van der Waals surface area (Å²) in [6.07, 6.45) is 6.46. The number of likely N-dealkylation sites (tertiary alicyclic amines) is 1. The van der Waals surface area contributed by atoms with Gasteiger partial charge in [-0.2, -0.15) is 0 Å². The van der Waals surface area contributed by atoms with Gasteiger partial charge >= 0.3 is 0 Å². The first kappa shape index (κ1) is 15.6. The molecule has 0 amide bonds. The lowest BCUT2D eigenvalue weighted by Crippen LogP contribution is -2.36. The highest BCUT2D eigenvalue weighted by Gasteiger charge is 2.26. The molecule has 1 aromatic carbocycles. The second-order valence-electron chi connectivity index (χ2n) is 7.28. The van der Waals surface area contributed by atoms with Crippen molar-refractivity contribution >= 4 is 0 Å². The molecule has 1 aliphatic carbocycles. The largest absolute Gasteiger partial charge is 0.299 e. The Bertz CT molecular complexity index is 728. The summed E-state index contributed by atoms with van der Waals surface area (Å²) < 4.78 is 1.81. The second kappa shape index (κ2) is 6.89. The van der Waals surface area contributed by atoms with Gasteiger partial charge < -0.3 is 0 Å². The Kier molecular flexibility index (Phi) is 4.48. The highest BCUT2D eigenvalue weighted by atomic mass is 16.1. The van der Waals surface area contributed by atoms with Crippen LogP contribution >= 0.6 is 0 Å². The van der Waals surface area contributed by atoms with E-state index in [0.29, 0.717) is 11.8 Å². The van der Waals surface area contributed by atoms with Gasteiger partial charge in [-0.15, -0.1) is 0 Å². The molecular formula is C20H25N3O. The summed E-state index contributed by atoms with van der Waals surface area (Å²) in [6.45, 7) is 4.07. The molecule has 2 fully saturated rings. The molecule has 4 heteroatoms. The third-order valence-electron chi connectivity index (χ3n) is 5.31. The number of benzene rings is 1. The molecule has 0 unspecified atom stereocenters. The predicted molar refractivity (Wildman–Crippen MR) is 94.9 cm³/mol. The smallest absolute Gasteiger partial charge is 0.253 e. The van der Waals surface area contributed by atoms with Crippen LogP contribution in [0.2, 0.25) is 0 Å². The molecule has 4 nitrogen and oxygen atoms in total. The van der Waals surface area contributed by atoms with E-state index >= 15 is 0 Å².